The highest BCUT2D eigenvalue weighted by Gasteiger charge is 2.15. The summed E-state index contributed by atoms with van der Waals surface area (Å²) < 4.78 is 0. The highest BCUT2D eigenvalue weighted by Crippen LogP contribution is 2.27. The minimum absolute atomic E-state index is 0.458. The maximum absolute atomic E-state index is 4.61. The summed E-state index contributed by atoms with van der Waals surface area (Å²) in [6, 6.07) is 4.76. The molecule has 0 aromatic carbocycles. The molecular formula is C15H23N3S2. The van der Waals surface area contributed by atoms with E-state index in [1.54, 1.807) is 11.3 Å². The van der Waals surface area contributed by atoms with Crippen LogP contribution >= 0.6 is 22.7 Å². The number of hydrogen-bond donors (Lipinski definition) is 1. The van der Waals surface area contributed by atoms with Crippen LogP contribution in [0.1, 0.15) is 36.9 Å². The zero-order valence-corrected chi connectivity index (χ0v) is 14.1. The number of nitrogens with one attached hydrogen (secondary N) is 1. The summed E-state index contributed by atoms with van der Waals surface area (Å²) in [7, 11) is 0. The third kappa shape index (κ3) is 4.30. The van der Waals surface area contributed by atoms with Gasteiger partial charge in [-0.25, -0.2) is 4.98 Å². The van der Waals surface area contributed by atoms with Gasteiger partial charge in [-0.2, -0.15) is 0 Å². The Morgan fingerprint density at radius 1 is 1.35 bits per heavy atom. The van der Waals surface area contributed by atoms with Crippen molar-refractivity contribution in [2.75, 3.05) is 11.4 Å². The Hall–Kier alpha value is -0.910. The number of anilines is 1. The van der Waals surface area contributed by atoms with Gasteiger partial charge in [0.05, 0.1) is 6.54 Å². The molecule has 0 unspecified atom stereocenters. The second-order valence-corrected chi connectivity index (χ2v) is 7.21. The van der Waals surface area contributed by atoms with Gasteiger partial charge in [0.2, 0.25) is 0 Å². The van der Waals surface area contributed by atoms with Gasteiger partial charge in [0.15, 0.2) is 5.13 Å². The summed E-state index contributed by atoms with van der Waals surface area (Å²) in [6.07, 6.45) is 3.18. The molecule has 3 nitrogen and oxygen atoms in total. The zero-order chi connectivity index (χ0) is 14.4. The summed E-state index contributed by atoms with van der Waals surface area (Å²) in [4.78, 5) is 9.68. The van der Waals surface area contributed by atoms with Crippen molar-refractivity contribution < 1.29 is 0 Å². The van der Waals surface area contributed by atoms with Crippen molar-refractivity contribution in [3.05, 3.63) is 33.5 Å². The molecule has 0 amide bonds. The number of nitrogens with zero attached hydrogens (tertiary/aromatic N) is 2. The molecule has 0 aliphatic rings. The van der Waals surface area contributed by atoms with Crippen molar-refractivity contribution >= 4 is 27.8 Å². The van der Waals surface area contributed by atoms with Gasteiger partial charge in [-0.3, -0.25) is 0 Å². The van der Waals surface area contributed by atoms with E-state index in [2.05, 4.69) is 53.5 Å². The molecule has 0 saturated heterocycles. The minimum atomic E-state index is 0.458. The van der Waals surface area contributed by atoms with E-state index in [-0.39, 0.29) is 0 Å². The smallest absolute Gasteiger partial charge is 0.186 e. The maximum atomic E-state index is 4.61. The number of rotatable bonds is 8. The Balaban J connectivity index is 2.02. The van der Waals surface area contributed by atoms with Gasteiger partial charge in [0, 0.05) is 28.5 Å². The Labute approximate surface area is 129 Å². The quantitative estimate of drug-likeness (QED) is 0.744. The lowest BCUT2D eigenvalue weighted by Crippen LogP contribution is -2.29. The van der Waals surface area contributed by atoms with Crippen LogP contribution in [0.25, 0.3) is 0 Å². The lowest BCUT2D eigenvalue weighted by Gasteiger charge is -2.25. The SMILES string of the molecule is CCCNCc1cnc(N(Cc2cccs2)C(C)C)s1. The number of aromatic nitrogens is 1. The maximum Gasteiger partial charge on any atom is 0.186 e. The third-order valence-corrected chi connectivity index (χ3v) is 4.94. The van der Waals surface area contributed by atoms with Gasteiger partial charge in [-0.15, -0.1) is 22.7 Å². The molecule has 2 rings (SSSR count). The highest BCUT2D eigenvalue weighted by atomic mass is 32.1. The average Bonchev–Trinajstić information content (AvgIpc) is 3.07. The van der Waals surface area contributed by atoms with Crippen molar-refractivity contribution in [3.8, 4) is 0 Å². The van der Waals surface area contributed by atoms with E-state index in [1.165, 1.54) is 16.2 Å². The molecule has 0 saturated carbocycles. The van der Waals surface area contributed by atoms with Gasteiger partial charge >= 0.3 is 0 Å². The van der Waals surface area contributed by atoms with Crippen LogP contribution in [0.3, 0.4) is 0 Å². The van der Waals surface area contributed by atoms with Crippen molar-refractivity contribution in [3.63, 3.8) is 0 Å². The molecule has 2 heterocycles. The highest BCUT2D eigenvalue weighted by molar-refractivity contribution is 7.15. The van der Waals surface area contributed by atoms with Crippen LogP contribution in [-0.2, 0) is 13.1 Å². The Kier molecular flexibility index (Phi) is 6.01. The van der Waals surface area contributed by atoms with Crippen molar-refractivity contribution in [1.82, 2.24) is 10.3 Å². The van der Waals surface area contributed by atoms with Crippen LogP contribution in [0.4, 0.5) is 5.13 Å². The summed E-state index contributed by atoms with van der Waals surface area (Å²) in [5.74, 6) is 0. The zero-order valence-electron chi connectivity index (χ0n) is 12.4. The predicted molar refractivity (Wildman–Crippen MR) is 89.7 cm³/mol. The van der Waals surface area contributed by atoms with Gasteiger partial charge in [-0.1, -0.05) is 13.0 Å². The largest absolute Gasteiger partial charge is 0.341 e. The first-order valence-corrected chi connectivity index (χ1v) is 8.84. The molecule has 2 aromatic heterocycles. The van der Waals surface area contributed by atoms with Crippen molar-refractivity contribution in [2.45, 2.75) is 46.3 Å². The molecule has 0 fully saturated rings. The lowest BCUT2D eigenvalue weighted by molar-refractivity contribution is 0.680. The van der Waals surface area contributed by atoms with E-state index in [1.807, 2.05) is 17.5 Å². The fourth-order valence-corrected chi connectivity index (χ4v) is 3.66. The number of hydrogen-bond acceptors (Lipinski definition) is 5. The second kappa shape index (κ2) is 7.76. The first-order valence-electron chi connectivity index (χ1n) is 7.15. The summed E-state index contributed by atoms with van der Waals surface area (Å²) >= 11 is 3.61. The van der Waals surface area contributed by atoms with Crippen LogP contribution in [0.15, 0.2) is 23.7 Å². The van der Waals surface area contributed by atoms with E-state index in [0.29, 0.717) is 6.04 Å². The van der Waals surface area contributed by atoms with Gasteiger partial charge in [-0.05, 0) is 38.3 Å². The van der Waals surface area contributed by atoms with E-state index >= 15 is 0 Å². The topological polar surface area (TPSA) is 28.2 Å². The predicted octanol–water partition coefficient (Wildman–Crippen LogP) is 4.12. The van der Waals surface area contributed by atoms with E-state index < -0.39 is 0 Å². The molecule has 0 aliphatic carbocycles. The molecule has 0 atom stereocenters. The molecular weight excluding hydrogens is 286 g/mol. The standard InChI is InChI=1S/C15H23N3S2/c1-4-7-16-9-14-10-17-15(20-14)18(12(2)3)11-13-6-5-8-19-13/h5-6,8,10,12,16H,4,7,9,11H2,1-3H3. The van der Waals surface area contributed by atoms with Crippen LogP contribution in [0.2, 0.25) is 0 Å². The molecule has 0 bridgehead atoms. The van der Waals surface area contributed by atoms with Crippen LogP contribution in [-0.4, -0.2) is 17.6 Å². The molecule has 1 N–H and O–H groups in total. The van der Waals surface area contributed by atoms with E-state index in [4.69, 9.17) is 0 Å². The summed E-state index contributed by atoms with van der Waals surface area (Å²) in [5.41, 5.74) is 0. The molecule has 2 aromatic rings. The normalized spacial score (nSPS) is 11.2. The molecule has 0 radical (unpaired) electrons. The van der Waals surface area contributed by atoms with Crippen molar-refractivity contribution in [1.29, 1.82) is 0 Å². The molecule has 110 valence electrons. The third-order valence-electron chi connectivity index (χ3n) is 3.04. The number of thiazole rings is 1. The fourth-order valence-electron chi connectivity index (χ4n) is 1.94. The molecule has 0 aliphatic heterocycles. The van der Waals surface area contributed by atoms with Crippen LogP contribution in [0.5, 0.6) is 0 Å². The minimum Gasteiger partial charge on any atom is -0.341 e. The monoisotopic (exact) mass is 309 g/mol. The molecule has 0 spiro atoms. The van der Waals surface area contributed by atoms with Crippen LogP contribution in [0, 0.1) is 0 Å². The summed E-state index contributed by atoms with van der Waals surface area (Å²) in [5, 5.41) is 6.69. The first-order chi connectivity index (χ1) is 9.70. The summed E-state index contributed by atoms with van der Waals surface area (Å²) in [6.45, 7) is 9.58. The second-order valence-electron chi connectivity index (χ2n) is 5.09. The fraction of sp³-hybridized carbons (Fsp3) is 0.533. The Bertz CT molecular complexity index is 491. The van der Waals surface area contributed by atoms with Gasteiger partial charge in [0.25, 0.3) is 0 Å². The lowest BCUT2D eigenvalue weighted by atomic mass is 10.3. The van der Waals surface area contributed by atoms with E-state index in [9.17, 15) is 0 Å². The number of thiophene rings is 1. The van der Waals surface area contributed by atoms with Crippen LogP contribution < -0.4 is 10.2 Å². The van der Waals surface area contributed by atoms with Gasteiger partial charge in [0.1, 0.15) is 0 Å². The Morgan fingerprint density at radius 3 is 2.85 bits per heavy atom. The molecule has 5 heteroatoms. The first kappa shape index (κ1) is 15.5. The molecule has 20 heavy (non-hydrogen) atoms. The average molecular weight is 310 g/mol. The van der Waals surface area contributed by atoms with E-state index in [0.717, 1.165) is 24.8 Å². The van der Waals surface area contributed by atoms with Crippen molar-refractivity contribution in [2.24, 2.45) is 0 Å². The van der Waals surface area contributed by atoms with Gasteiger partial charge < -0.3 is 10.2 Å². The Morgan fingerprint density at radius 2 is 2.20 bits per heavy atom.